The molecule has 1 N–H and O–H groups in total. The third kappa shape index (κ3) is 4.55. The summed E-state index contributed by atoms with van der Waals surface area (Å²) < 4.78 is 13.3. The topological polar surface area (TPSA) is 38.8 Å². The molecule has 6 heteroatoms. The minimum Gasteiger partial charge on any atom is -0.372 e. The fraction of sp³-hybridized carbons (Fsp3) is 0.409. The molecule has 0 bridgehead atoms. The average Bonchev–Trinajstić information content (AvgIpc) is 2.69. The lowest BCUT2D eigenvalue weighted by Crippen LogP contribution is -2.50. The van der Waals surface area contributed by atoms with E-state index in [0.717, 1.165) is 26.2 Å². The van der Waals surface area contributed by atoms with Crippen molar-refractivity contribution >= 4 is 23.1 Å². The van der Waals surface area contributed by atoms with Crippen LogP contribution in [0.5, 0.6) is 0 Å². The van der Waals surface area contributed by atoms with Crippen LogP contribution in [0.3, 0.4) is 0 Å². The highest BCUT2D eigenvalue weighted by molar-refractivity contribution is 5.89. The third-order valence-corrected chi connectivity index (χ3v) is 5.29. The molecule has 1 aliphatic rings. The Morgan fingerprint density at radius 1 is 1.07 bits per heavy atom. The van der Waals surface area contributed by atoms with E-state index in [1.807, 2.05) is 0 Å². The zero-order chi connectivity index (χ0) is 20.1. The van der Waals surface area contributed by atoms with Gasteiger partial charge < -0.3 is 20.0 Å². The van der Waals surface area contributed by atoms with Gasteiger partial charge in [-0.25, -0.2) is 9.18 Å². The Kier molecular flexibility index (Phi) is 6.39. The van der Waals surface area contributed by atoms with Gasteiger partial charge in [-0.1, -0.05) is 6.07 Å². The lowest BCUT2D eigenvalue weighted by Gasteiger charge is -2.37. The zero-order valence-electron chi connectivity index (χ0n) is 16.9. The molecule has 28 heavy (non-hydrogen) atoms. The van der Waals surface area contributed by atoms with Gasteiger partial charge in [0.2, 0.25) is 0 Å². The number of aryl methyl sites for hydroxylation is 1. The first kappa shape index (κ1) is 20.0. The quantitative estimate of drug-likeness (QED) is 0.834. The standard InChI is InChI=1S/C22H29FN4O/c1-4-25(5-2)20-9-10-21(17(3)15-20)26-11-13-27(14-12-26)22(28)24-19-8-6-7-18(23)16-19/h6-10,15-16H,4-5,11-14H2,1-3H3,(H,24,28). The molecule has 0 saturated carbocycles. The minimum absolute atomic E-state index is 0.182. The average molecular weight is 384 g/mol. The molecule has 0 spiro atoms. The number of urea groups is 1. The Morgan fingerprint density at radius 3 is 2.39 bits per heavy atom. The summed E-state index contributed by atoms with van der Waals surface area (Å²) in [5.74, 6) is -0.355. The summed E-state index contributed by atoms with van der Waals surface area (Å²) in [6, 6.07) is 12.4. The highest BCUT2D eigenvalue weighted by Gasteiger charge is 2.22. The molecule has 1 aliphatic heterocycles. The van der Waals surface area contributed by atoms with E-state index in [1.165, 1.54) is 29.1 Å². The maximum atomic E-state index is 13.3. The normalized spacial score (nSPS) is 14.1. The number of amides is 2. The van der Waals surface area contributed by atoms with Crippen molar-refractivity contribution in [2.45, 2.75) is 20.8 Å². The molecular formula is C22H29FN4O. The van der Waals surface area contributed by atoms with Crippen LogP contribution in [0.1, 0.15) is 19.4 Å². The van der Waals surface area contributed by atoms with Crippen LogP contribution in [-0.4, -0.2) is 50.2 Å². The largest absolute Gasteiger partial charge is 0.372 e. The van der Waals surface area contributed by atoms with E-state index in [9.17, 15) is 9.18 Å². The van der Waals surface area contributed by atoms with Gasteiger partial charge >= 0.3 is 6.03 Å². The fourth-order valence-electron chi connectivity index (χ4n) is 3.70. The molecule has 2 aromatic carbocycles. The first-order valence-corrected chi connectivity index (χ1v) is 9.93. The first-order valence-electron chi connectivity index (χ1n) is 9.93. The summed E-state index contributed by atoms with van der Waals surface area (Å²) in [5.41, 5.74) is 4.21. The maximum absolute atomic E-state index is 13.3. The van der Waals surface area contributed by atoms with Crippen LogP contribution in [0.15, 0.2) is 42.5 Å². The van der Waals surface area contributed by atoms with E-state index in [1.54, 1.807) is 17.0 Å². The molecule has 0 unspecified atom stereocenters. The smallest absolute Gasteiger partial charge is 0.321 e. The molecule has 1 fully saturated rings. The molecule has 2 amide bonds. The number of carbonyl (C=O) groups is 1. The second kappa shape index (κ2) is 8.95. The number of nitrogens with one attached hydrogen (secondary N) is 1. The van der Waals surface area contributed by atoms with Crippen LogP contribution in [-0.2, 0) is 0 Å². The summed E-state index contributed by atoms with van der Waals surface area (Å²) >= 11 is 0. The van der Waals surface area contributed by atoms with Gasteiger partial charge in [-0.3, -0.25) is 0 Å². The molecule has 0 atom stereocenters. The van der Waals surface area contributed by atoms with Crippen molar-refractivity contribution in [3.05, 3.63) is 53.8 Å². The van der Waals surface area contributed by atoms with Crippen molar-refractivity contribution in [3.8, 4) is 0 Å². The number of anilines is 3. The van der Waals surface area contributed by atoms with E-state index in [4.69, 9.17) is 0 Å². The molecule has 1 heterocycles. The second-order valence-corrected chi connectivity index (χ2v) is 7.06. The maximum Gasteiger partial charge on any atom is 0.321 e. The molecule has 150 valence electrons. The molecular weight excluding hydrogens is 355 g/mol. The number of hydrogen-bond donors (Lipinski definition) is 1. The van der Waals surface area contributed by atoms with Crippen molar-refractivity contribution in [1.82, 2.24) is 4.90 Å². The predicted molar refractivity (Wildman–Crippen MR) is 114 cm³/mol. The number of nitrogens with zero attached hydrogens (tertiary/aromatic N) is 3. The molecule has 0 aromatic heterocycles. The van der Waals surface area contributed by atoms with Gasteiger partial charge in [0.05, 0.1) is 0 Å². The van der Waals surface area contributed by atoms with Gasteiger partial charge in [-0.05, 0) is 62.7 Å². The first-order chi connectivity index (χ1) is 13.5. The second-order valence-electron chi connectivity index (χ2n) is 7.06. The van der Waals surface area contributed by atoms with Gasteiger partial charge in [0.15, 0.2) is 0 Å². The van der Waals surface area contributed by atoms with Crippen molar-refractivity contribution in [2.24, 2.45) is 0 Å². The highest BCUT2D eigenvalue weighted by Crippen LogP contribution is 2.26. The van der Waals surface area contributed by atoms with Gasteiger partial charge in [-0.2, -0.15) is 0 Å². The van der Waals surface area contributed by atoms with E-state index >= 15 is 0 Å². The van der Waals surface area contributed by atoms with Crippen LogP contribution >= 0.6 is 0 Å². The van der Waals surface area contributed by atoms with Crippen LogP contribution in [0.25, 0.3) is 0 Å². The number of benzene rings is 2. The predicted octanol–water partition coefficient (Wildman–Crippen LogP) is 4.33. The third-order valence-electron chi connectivity index (χ3n) is 5.29. The van der Waals surface area contributed by atoms with Gasteiger partial charge in [-0.15, -0.1) is 0 Å². The summed E-state index contributed by atoms with van der Waals surface area (Å²) in [6.45, 7) is 11.3. The van der Waals surface area contributed by atoms with E-state index in [2.05, 4.69) is 54.1 Å². The Bertz CT molecular complexity index is 814. The van der Waals surface area contributed by atoms with Crippen molar-refractivity contribution in [1.29, 1.82) is 0 Å². The zero-order valence-corrected chi connectivity index (χ0v) is 16.9. The number of rotatable bonds is 5. The van der Waals surface area contributed by atoms with Gasteiger partial charge in [0, 0.05) is 56.3 Å². The molecule has 2 aromatic rings. The number of piperazine rings is 1. The molecule has 0 aliphatic carbocycles. The molecule has 1 saturated heterocycles. The monoisotopic (exact) mass is 384 g/mol. The Balaban J connectivity index is 1.60. The van der Waals surface area contributed by atoms with E-state index in [-0.39, 0.29) is 11.8 Å². The number of hydrogen-bond acceptors (Lipinski definition) is 3. The highest BCUT2D eigenvalue weighted by atomic mass is 19.1. The van der Waals surface area contributed by atoms with Crippen molar-refractivity contribution in [2.75, 3.05) is 54.4 Å². The lowest BCUT2D eigenvalue weighted by atomic mass is 10.1. The van der Waals surface area contributed by atoms with Crippen molar-refractivity contribution < 1.29 is 9.18 Å². The molecule has 0 radical (unpaired) electrons. The minimum atomic E-state index is -0.355. The van der Waals surface area contributed by atoms with Gasteiger partial charge in [0.1, 0.15) is 5.82 Å². The lowest BCUT2D eigenvalue weighted by molar-refractivity contribution is 0.208. The summed E-state index contributed by atoms with van der Waals surface area (Å²) in [4.78, 5) is 18.9. The van der Waals surface area contributed by atoms with Crippen LogP contribution in [0.2, 0.25) is 0 Å². The van der Waals surface area contributed by atoms with Crippen LogP contribution < -0.4 is 15.1 Å². The Hall–Kier alpha value is -2.76. The summed E-state index contributed by atoms with van der Waals surface area (Å²) in [7, 11) is 0. The number of carbonyl (C=O) groups excluding carboxylic acids is 1. The Labute approximate surface area is 166 Å². The fourth-order valence-corrected chi connectivity index (χ4v) is 3.70. The molecule has 5 nitrogen and oxygen atoms in total. The summed E-state index contributed by atoms with van der Waals surface area (Å²) in [6.07, 6.45) is 0. The van der Waals surface area contributed by atoms with Crippen LogP contribution in [0, 0.1) is 12.7 Å². The Morgan fingerprint density at radius 2 is 1.79 bits per heavy atom. The van der Waals surface area contributed by atoms with E-state index < -0.39 is 0 Å². The van der Waals surface area contributed by atoms with Gasteiger partial charge in [0.25, 0.3) is 0 Å². The molecule has 3 rings (SSSR count). The summed E-state index contributed by atoms with van der Waals surface area (Å²) in [5, 5.41) is 2.77. The van der Waals surface area contributed by atoms with Crippen LogP contribution in [0.4, 0.5) is 26.2 Å². The number of halogens is 1. The van der Waals surface area contributed by atoms with E-state index in [0.29, 0.717) is 18.8 Å². The van der Waals surface area contributed by atoms with Crippen molar-refractivity contribution in [3.63, 3.8) is 0 Å². The SMILES string of the molecule is CCN(CC)c1ccc(N2CCN(C(=O)Nc3cccc(F)c3)CC2)c(C)c1.